The summed E-state index contributed by atoms with van der Waals surface area (Å²) >= 11 is 0. The molecule has 5 nitrogen and oxygen atoms in total. The predicted octanol–water partition coefficient (Wildman–Crippen LogP) is -1.09. The van der Waals surface area contributed by atoms with Crippen molar-refractivity contribution in [3.63, 3.8) is 0 Å². The molecule has 0 saturated heterocycles. The smallest absolute Gasteiger partial charge is 0.280 e. The Bertz CT molecular complexity index is 267. The minimum absolute atomic E-state index is 0.536. The van der Waals surface area contributed by atoms with Gasteiger partial charge >= 0.3 is 0 Å². The molecule has 1 aliphatic rings. The van der Waals surface area contributed by atoms with Gasteiger partial charge in [0.15, 0.2) is 0 Å². The summed E-state index contributed by atoms with van der Waals surface area (Å²) in [7, 11) is 0. The van der Waals surface area contributed by atoms with Gasteiger partial charge in [0.25, 0.3) is 11.8 Å². The van der Waals surface area contributed by atoms with E-state index in [9.17, 15) is 9.59 Å². The number of rotatable bonds is 1. The molecule has 58 valence electrons. The van der Waals surface area contributed by atoms with Gasteiger partial charge in [-0.05, 0) is 6.92 Å². The minimum Gasteiger partial charge on any atom is -0.367 e. The number of primary amides is 1. The number of hydrogen-bond donors (Lipinski definition) is 1. The van der Waals surface area contributed by atoms with Crippen LogP contribution in [0, 0.1) is 0 Å². The van der Waals surface area contributed by atoms with Gasteiger partial charge in [0.2, 0.25) is 6.04 Å². The first-order valence-corrected chi connectivity index (χ1v) is 3.03. The van der Waals surface area contributed by atoms with Gasteiger partial charge in [0.1, 0.15) is 0 Å². The van der Waals surface area contributed by atoms with E-state index in [0.29, 0.717) is 5.71 Å². The molecule has 0 aromatic heterocycles. The fourth-order valence-electron chi connectivity index (χ4n) is 0.705. The Morgan fingerprint density at radius 2 is 2.36 bits per heavy atom. The molecule has 0 aliphatic carbocycles. The number of hydrogen-bond acceptors (Lipinski definition) is 3. The molecule has 2 amide bonds. The zero-order valence-electron chi connectivity index (χ0n) is 5.94. The molecule has 0 fully saturated rings. The van der Waals surface area contributed by atoms with Crippen LogP contribution in [0.4, 0.5) is 0 Å². The molecule has 11 heavy (non-hydrogen) atoms. The van der Waals surface area contributed by atoms with Crippen molar-refractivity contribution in [2.24, 2.45) is 15.7 Å². The Morgan fingerprint density at radius 1 is 1.73 bits per heavy atom. The fraction of sp³-hybridized carbons (Fsp3) is 0.333. The molecule has 1 atom stereocenters. The van der Waals surface area contributed by atoms with Crippen LogP contribution < -0.4 is 5.73 Å². The van der Waals surface area contributed by atoms with Crippen molar-refractivity contribution in [3.05, 3.63) is 0 Å². The van der Waals surface area contributed by atoms with Gasteiger partial charge in [-0.2, -0.15) is 0 Å². The number of nitrogens with zero attached hydrogens (tertiary/aromatic N) is 2. The van der Waals surface area contributed by atoms with Gasteiger partial charge in [0.05, 0.1) is 11.9 Å². The van der Waals surface area contributed by atoms with E-state index in [4.69, 9.17) is 5.73 Å². The first-order valence-electron chi connectivity index (χ1n) is 3.03. The molecule has 0 spiro atoms. The van der Waals surface area contributed by atoms with Crippen LogP contribution in [-0.4, -0.2) is 29.8 Å². The number of nitrogens with two attached hydrogens (primary N) is 1. The minimum atomic E-state index is -1.11. The lowest BCUT2D eigenvalue weighted by Gasteiger charge is -2.07. The summed E-state index contributed by atoms with van der Waals surface area (Å²) < 4.78 is 0. The third-order valence-corrected chi connectivity index (χ3v) is 1.21. The summed E-state index contributed by atoms with van der Waals surface area (Å²) in [4.78, 5) is 28.4. The lowest BCUT2D eigenvalue weighted by Crippen LogP contribution is -2.36. The maximum absolute atomic E-state index is 10.8. The fourth-order valence-corrected chi connectivity index (χ4v) is 0.705. The van der Waals surface area contributed by atoms with E-state index < -0.39 is 17.9 Å². The van der Waals surface area contributed by atoms with Crippen LogP contribution >= 0.6 is 0 Å². The van der Waals surface area contributed by atoms with Gasteiger partial charge in [-0.25, -0.2) is 4.99 Å². The van der Waals surface area contributed by atoms with Crippen molar-refractivity contribution >= 4 is 23.7 Å². The SMILES string of the molecule is CC1=NC(C(N)=O)C(=O)N=C1. The Balaban J connectivity index is 2.90. The van der Waals surface area contributed by atoms with Gasteiger partial charge in [-0.15, -0.1) is 0 Å². The van der Waals surface area contributed by atoms with E-state index in [0.717, 1.165) is 0 Å². The number of aliphatic imine (C=N–C) groups is 2. The lowest BCUT2D eigenvalue weighted by molar-refractivity contribution is -0.127. The summed E-state index contributed by atoms with van der Waals surface area (Å²) in [5.74, 6) is -1.35. The summed E-state index contributed by atoms with van der Waals surface area (Å²) in [6.45, 7) is 1.64. The highest BCUT2D eigenvalue weighted by Gasteiger charge is 2.24. The van der Waals surface area contributed by atoms with Crippen molar-refractivity contribution in [3.8, 4) is 0 Å². The molecule has 1 aliphatic heterocycles. The molecule has 1 heterocycles. The normalized spacial score (nSPS) is 23.2. The topological polar surface area (TPSA) is 84.9 Å². The lowest BCUT2D eigenvalue weighted by atomic mass is 10.2. The molecule has 0 aromatic carbocycles. The van der Waals surface area contributed by atoms with E-state index >= 15 is 0 Å². The summed E-state index contributed by atoms with van der Waals surface area (Å²) in [5.41, 5.74) is 5.41. The van der Waals surface area contributed by atoms with Crippen LogP contribution in [0.1, 0.15) is 6.92 Å². The highest BCUT2D eigenvalue weighted by atomic mass is 16.2. The van der Waals surface area contributed by atoms with Crippen molar-refractivity contribution in [1.82, 2.24) is 0 Å². The van der Waals surface area contributed by atoms with Crippen molar-refractivity contribution in [2.75, 3.05) is 0 Å². The van der Waals surface area contributed by atoms with E-state index in [-0.39, 0.29) is 0 Å². The molecule has 2 N–H and O–H groups in total. The van der Waals surface area contributed by atoms with Gasteiger partial charge in [-0.1, -0.05) is 0 Å². The third kappa shape index (κ3) is 1.49. The quantitative estimate of drug-likeness (QED) is 0.485. The first-order chi connectivity index (χ1) is 5.11. The number of carbonyl (C=O) groups is 2. The molecule has 0 radical (unpaired) electrons. The van der Waals surface area contributed by atoms with Crippen LogP contribution in [0.2, 0.25) is 0 Å². The number of amides is 2. The van der Waals surface area contributed by atoms with Crippen LogP contribution in [-0.2, 0) is 9.59 Å². The third-order valence-electron chi connectivity index (χ3n) is 1.21. The predicted molar refractivity (Wildman–Crippen MR) is 39.6 cm³/mol. The highest BCUT2D eigenvalue weighted by molar-refractivity contribution is 6.34. The van der Waals surface area contributed by atoms with E-state index in [1.54, 1.807) is 6.92 Å². The second-order valence-corrected chi connectivity index (χ2v) is 2.17. The van der Waals surface area contributed by atoms with Crippen LogP contribution in [0.3, 0.4) is 0 Å². The molecule has 0 aromatic rings. The Morgan fingerprint density at radius 3 is 2.82 bits per heavy atom. The second-order valence-electron chi connectivity index (χ2n) is 2.17. The van der Waals surface area contributed by atoms with Gasteiger partial charge in [-0.3, -0.25) is 14.6 Å². The zero-order chi connectivity index (χ0) is 8.43. The van der Waals surface area contributed by atoms with Crippen molar-refractivity contribution in [2.45, 2.75) is 13.0 Å². The standard InChI is InChI=1S/C6H7N3O2/c1-3-2-8-6(11)4(9-3)5(7)10/h2,4H,1H3,(H2,7,10). The van der Waals surface area contributed by atoms with E-state index in [2.05, 4.69) is 9.98 Å². The van der Waals surface area contributed by atoms with E-state index in [1.165, 1.54) is 6.21 Å². The molecular formula is C6H7N3O2. The zero-order valence-corrected chi connectivity index (χ0v) is 5.94. The molecule has 0 bridgehead atoms. The monoisotopic (exact) mass is 153 g/mol. The van der Waals surface area contributed by atoms with Crippen molar-refractivity contribution in [1.29, 1.82) is 0 Å². The maximum Gasteiger partial charge on any atom is 0.280 e. The molecular weight excluding hydrogens is 146 g/mol. The Kier molecular flexibility index (Phi) is 1.80. The summed E-state index contributed by atoms with van der Waals surface area (Å²) in [6, 6.07) is -1.11. The van der Waals surface area contributed by atoms with E-state index in [1.807, 2.05) is 0 Å². The average Bonchev–Trinajstić information content (AvgIpc) is 1.94. The van der Waals surface area contributed by atoms with Gasteiger partial charge < -0.3 is 5.73 Å². The molecule has 1 rings (SSSR count). The van der Waals surface area contributed by atoms with Crippen LogP contribution in [0.25, 0.3) is 0 Å². The summed E-state index contributed by atoms with van der Waals surface area (Å²) in [5, 5.41) is 0. The number of carbonyl (C=O) groups excluding carboxylic acids is 2. The molecule has 1 unspecified atom stereocenters. The maximum atomic E-state index is 10.8. The molecule has 5 heteroatoms. The van der Waals surface area contributed by atoms with Crippen LogP contribution in [0.5, 0.6) is 0 Å². The second kappa shape index (κ2) is 2.61. The average molecular weight is 153 g/mol. The molecule has 0 saturated carbocycles. The van der Waals surface area contributed by atoms with Gasteiger partial charge in [0, 0.05) is 0 Å². The first kappa shape index (κ1) is 7.59. The van der Waals surface area contributed by atoms with Crippen LogP contribution in [0.15, 0.2) is 9.98 Å². The Hall–Kier alpha value is -1.52. The Labute approximate surface area is 63.0 Å². The largest absolute Gasteiger partial charge is 0.367 e. The summed E-state index contributed by atoms with van der Waals surface area (Å²) in [6.07, 6.45) is 1.31. The highest BCUT2D eigenvalue weighted by Crippen LogP contribution is 1.99. The van der Waals surface area contributed by atoms with Crippen molar-refractivity contribution < 1.29 is 9.59 Å².